The van der Waals surface area contributed by atoms with Crippen LogP contribution in [0.2, 0.25) is 0 Å². The number of thioether (sulfide) groups is 1. The predicted molar refractivity (Wildman–Crippen MR) is 39.5 cm³/mol. The van der Waals surface area contributed by atoms with Gasteiger partial charge in [-0.25, -0.2) is 0 Å². The molecule has 0 bridgehead atoms. The minimum atomic E-state index is 1.09. The Labute approximate surface area is 59.5 Å². The molecule has 0 saturated heterocycles. The Kier molecular flexibility index (Phi) is 2.58. The van der Waals surface area contributed by atoms with Crippen molar-refractivity contribution in [3.8, 4) is 0 Å². The van der Waals surface area contributed by atoms with Crippen molar-refractivity contribution >= 4 is 11.8 Å². The van der Waals surface area contributed by atoms with Gasteiger partial charge < -0.3 is 0 Å². The summed E-state index contributed by atoms with van der Waals surface area (Å²) in [6, 6.07) is 4.90. The van der Waals surface area contributed by atoms with Crippen molar-refractivity contribution in [2.75, 3.05) is 5.75 Å². The van der Waals surface area contributed by atoms with Crippen LogP contribution in [0.5, 0.6) is 0 Å². The number of hydrogen-bond donors (Lipinski definition) is 0. The standard InChI is InChI=1S/C7H8NS/c1-2-9-7-4-3-5-8-6-7/h3,5-6H,2H2,1H3. The lowest BCUT2D eigenvalue weighted by Gasteiger charge is -1.92. The molecule has 1 rings (SSSR count). The van der Waals surface area contributed by atoms with Gasteiger partial charge in [0.2, 0.25) is 0 Å². The van der Waals surface area contributed by atoms with Crippen LogP contribution in [-0.4, -0.2) is 10.7 Å². The highest BCUT2D eigenvalue weighted by atomic mass is 32.2. The Bertz CT molecular complexity index is 162. The van der Waals surface area contributed by atoms with Gasteiger partial charge in [0.25, 0.3) is 0 Å². The van der Waals surface area contributed by atoms with Crippen molar-refractivity contribution in [2.24, 2.45) is 0 Å². The zero-order chi connectivity index (χ0) is 6.53. The summed E-state index contributed by atoms with van der Waals surface area (Å²) in [6.07, 6.45) is 3.56. The maximum Gasteiger partial charge on any atom is 0.0410 e. The molecule has 0 saturated carbocycles. The van der Waals surface area contributed by atoms with Gasteiger partial charge in [-0.2, -0.15) is 0 Å². The van der Waals surface area contributed by atoms with Gasteiger partial charge in [0.05, 0.1) is 0 Å². The highest BCUT2D eigenvalue weighted by Crippen LogP contribution is 2.13. The lowest BCUT2D eigenvalue weighted by Crippen LogP contribution is -1.73. The molecule has 9 heavy (non-hydrogen) atoms. The monoisotopic (exact) mass is 138 g/mol. The van der Waals surface area contributed by atoms with Gasteiger partial charge in [0.15, 0.2) is 0 Å². The molecule has 1 aromatic rings. The van der Waals surface area contributed by atoms with Gasteiger partial charge in [-0.05, 0) is 17.9 Å². The second-order valence-electron chi connectivity index (χ2n) is 1.54. The molecule has 1 heterocycles. The summed E-state index contributed by atoms with van der Waals surface area (Å²) in [5, 5.41) is 0. The average Bonchev–Trinajstić information content (AvgIpc) is 1.91. The number of rotatable bonds is 2. The topological polar surface area (TPSA) is 12.9 Å². The summed E-state index contributed by atoms with van der Waals surface area (Å²) in [5.74, 6) is 1.09. The van der Waals surface area contributed by atoms with E-state index in [-0.39, 0.29) is 0 Å². The van der Waals surface area contributed by atoms with Crippen LogP contribution in [0, 0.1) is 6.07 Å². The Morgan fingerprint density at radius 2 is 2.67 bits per heavy atom. The van der Waals surface area contributed by atoms with Crippen molar-refractivity contribution < 1.29 is 0 Å². The van der Waals surface area contributed by atoms with Gasteiger partial charge >= 0.3 is 0 Å². The third kappa shape index (κ3) is 2.06. The molecule has 0 aliphatic carbocycles. The molecule has 0 amide bonds. The van der Waals surface area contributed by atoms with Gasteiger partial charge in [-0.1, -0.05) is 6.92 Å². The van der Waals surface area contributed by atoms with E-state index in [0.29, 0.717) is 0 Å². The molecule has 1 aromatic heterocycles. The summed E-state index contributed by atoms with van der Waals surface area (Å²) < 4.78 is 0. The second-order valence-corrected chi connectivity index (χ2v) is 2.84. The fraction of sp³-hybridized carbons (Fsp3) is 0.286. The number of pyridine rings is 1. The Morgan fingerprint density at radius 3 is 3.22 bits per heavy atom. The molecular formula is C7H8NS. The number of aromatic nitrogens is 1. The van der Waals surface area contributed by atoms with E-state index in [9.17, 15) is 0 Å². The van der Waals surface area contributed by atoms with E-state index in [1.807, 2.05) is 12.3 Å². The molecule has 1 nitrogen and oxygen atoms in total. The molecule has 0 atom stereocenters. The first-order chi connectivity index (χ1) is 4.43. The smallest absolute Gasteiger partial charge is 0.0410 e. The van der Waals surface area contributed by atoms with Gasteiger partial charge in [-0.15, -0.1) is 11.8 Å². The first-order valence-corrected chi connectivity index (χ1v) is 3.86. The molecular weight excluding hydrogens is 130 g/mol. The van der Waals surface area contributed by atoms with Crippen molar-refractivity contribution in [3.05, 3.63) is 24.5 Å². The molecule has 0 aliphatic rings. The Balaban J connectivity index is 2.61. The summed E-state index contributed by atoms with van der Waals surface area (Å²) in [4.78, 5) is 5.08. The minimum Gasteiger partial charge on any atom is -0.264 e. The second kappa shape index (κ2) is 3.51. The van der Waals surface area contributed by atoms with Gasteiger partial charge in [0, 0.05) is 17.3 Å². The first-order valence-electron chi connectivity index (χ1n) is 2.88. The largest absolute Gasteiger partial charge is 0.264 e. The zero-order valence-electron chi connectivity index (χ0n) is 5.29. The van der Waals surface area contributed by atoms with Gasteiger partial charge in [-0.3, -0.25) is 4.98 Å². The molecule has 0 aliphatic heterocycles. The fourth-order valence-electron chi connectivity index (χ4n) is 0.545. The van der Waals surface area contributed by atoms with E-state index in [1.165, 1.54) is 0 Å². The highest BCUT2D eigenvalue weighted by Gasteiger charge is 1.86. The van der Waals surface area contributed by atoms with Crippen molar-refractivity contribution in [1.82, 2.24) is 4.98 Å². The van der Waals surface area contributed by atoms with E-state index in [2.05, 4.69) is 18.0 Å². The average molecular weight is 138 g/mol. The Hall–Kier alpha value is -0.500. The maximum absolute atomic E-state index is 3.95. The summed E-state index contributed by atoms with van der Waals surface area (Å²) in [6.45, 7) is 2.12. The molecule has 1 radical (unpaired) electrons. The molecule has 0 unspecified atom stereocenters. The van der Waals surface area contributed by atoms with E-state index in [0.717, 1.165) is 10.6 Å². The van der Waals surface area contributed by atoms with Crippen LogP contribution in [0.3, 0.4) is 0 Å². The lowest BCUT2D eigenvalue weighted by atomic mass is 10.5. The molecule has 47 valence electrons. The quantitative estimate of drug-likeness (QED) is 0.580. The third-order valence-corrected chi connectivity index (χ3v) is 1.70. The molecule has 0 aromatic carbocycles. The summed E-state index contributed by atoms with van der Waals surface area (Å²) >= 11 is 1.76. The van der Waals surface area contributed by atoms with E-state index in [4.69, 9.17) is 0 Å². The fourth-order valence-corrected chi connectivity index (χ4v) is 1.14. The lowest BCUT2D eigenvalue weighted by molar-refractivity contribution is 1.23. The zero-order valence-corrected chi connectivity index (χ0v) is 6.11. The predicted octanol–water partition coefficient (Wildman–Crippen LogP) is 1.99. The van der Waals surface area contributed by atoms with E-state index in [1.54, 1.807) is 18.0 Å². The van der Waals surface area contributed by atoms with Crippen LogP contribution in [0.4, 0.5) is 0 Å². The van der Waals surface area contributed by atoms with Crippen molar-refractivity contribution in [2.45, 2.75) is 11.8 Å². The molecule has 2 heteroatoms. The number of nitrogens with zero attached hydrogens (tertiary/aromatic N) is 1. The Morgan fingerprint density at radius 1 is 1.78 bits per heavy atom. The molecule has 0 fully saturated rings. The highest BCUT2D eigenvalue weighted by molar-refractivity contribution is 7.99. The third-order valence-electron chi connectivity index (χ3n) is 0.878. The van der Waals surface area contributed by atoms with Crippen molar-refractivity contribution in [1.29, 1.82) is 0 Å². The van der Waals surface area contributed by atoms with Crippen LogP contribution in [0.25, 0.3) is 0 Å². The van der Waals surface area contributed by atoms with Crippen LogP contribution in [-0.2, 0) is 0 Å². The van der Waals surface area contributed by atoms with E-state index < -0.39 is 0 Å². The van der Waals surface area contributed by atoms with Crippen molar-refractivity contribution in [3.63, 3.8) is 0 Å². The maximum atomic E-state index is 3.95. The number of hydrogen-bond acceptors (Lipinski definition) is 2. The van der Waals surface area contributed by atoms with Crippen LogP contribution in [0.15, 0.2) is 23.4 Å². The summed E-state index contributed by atoms with van der Waals surface area (Å²) in [5.41, 5.74) is 0. The van der Waals surface area contributed by atoms with Crippen LogP contribution < -0.4 is 0 Å². The van der Waals surface area contributed by atoms with E-state index >= 15 is 0 Å². The normalized spacial score (nSPS) is 9.44. The SMILES string of the molecule is CCSc1[c]ccnc1. The summed E-state index contributed by atoms with van der Waals surface area (Å²) in [7, 11) is 0. The first kappa shape index (κ1) is 6.62. The molecule has 0 spiro atoms. The minimum absolute atomic E-state index is 1.09. The van der Waals surface area contributed by atoms with Crippen LogP contribution in [0.1, 0.15) is 6.92 Å². The van der Waals surface area contributed by atoms with Crippen LogP contribution >= 0.6 is 11.8 Å². The molecule has 0 N–H and O–H groups in total. The van der Waals surface area contributed by atoms with Gasteiger partial charge in [0.1, 0.15) is 0 Å².